The summed E-state index contributed by atoms with van der Waals surface area (Å²) in [5.41, 5.74) is 14.1. The second-order valence-electron chi connectivity index (χ2n) is 11.4. The van der Waals surface area contributed by atoms with Gasteiger partial charge in [0.05, 0.1) is 0 Å². The predicted octanol–water partition coefficient (Wildman–Crippen LogP) is 11.0. The third-order valence-corrected chi connectivity index (χ3v) is 8.68. The minimum atomic E-state index is -0.104. The van der Waals surface area contributed by atoms with E-state index in [0.29, 0.717) is 0 Å². The Morgan fingerprint density at radius 1 is 0.537 bits per heavy atom. The van der Waals surface area contributed by atoms with E-state index in [4.69, 9.17) is 4.42 Å². The minimum Gasteiger partial charge on any atom is -0.456 e. The molecule has 0 fully saturated rings. The molecule has 41 heavy (non-hydrogen) atoms. The van der Waals surface area contributed by atoms with E-state index in [9.17, 15) is 0 Å². The van der Waals surface area contributed by atoms with Crippen molar-refractivity contribution in [1.82, 2.24) is 0 Å². The molecule has 1 heterocycles. The molecule has 1 aliphatic rings. The van der Waals surface area contributed by atoms with Crippen LogP contribution in [0, 0.1) is 0 Å². The van der Waals surface area contributed by atoms with Crippen molar-refractivity contribution in [3.63, 3.8) is 0 Å². The van der Waals surface area contributed by atoms with Crippen molar-refractivity contribution < 1.29 is 4.42 Å². The zero-order valence-electron chi connectivity index (χ0n) is 23.1. The van der Waals surface area contributed by atoms with E-state index >= 15 is 0 Å². The van der Waals surface area contributed by atoms with Gasteiger partial charge in [-0.2, -0.15) is 0 Å². The quantitative estimate of drug-likeness (QED) is 0.246. The fourth-order valence-electron chi connectivity index (χ4n) is 6.72. The normalized spacial score (nSPS) is 13.3. The molecule has 7 aromatic rings. The first-order valence-corrected chi connectivity index (χ1v) is 14.2. The molecule has 0 amide bonds. The van der Waals surface area contributed by atoms with Gasteiger partial charge in [0.2, 0.25) is 0 Å². The molecule has 1 aliphatic carbocycles. The van der Waals surface area contributed by atoms with Crippen LogP contribution < -0.4 is 5.32 Å². The monoisotopic (exact) mass is 527 g/mol. The van der Waals surface area contributed by atoms with Crippen molar-refractivity contribution in [3.8, 4) is 33.4 Å². The number of rotatable bonds is 4. The molecule has 0 radical (unpaired) electrons. The summed E-state index contributed by atoms with van der Waals surface area (Å²) < 4.78 is 6.27. The lowest BCUT2D eigenvalue weighted by Gasteiger charge is -2.22. The molecule has 6 aromatic carbocycles. The zero-order chi connectivity index (χ0) is 27.6. The molecule has 0 unspecified atom stereocenters. The van der Waals surface area contributed by atoms with Crippen LogP contribution in [0.1, 0.15) is 25.0 Å². The van der Waals surface area contributed by atoms with Crippen LogP contribution >= 0.6 is 0 Å². The Balaban J connectivity index is 1.31. The standard InChI is InChI=1S/C39H29NO/c1-39(2)32-23-22-26(40-34-19-8-6-14-27(34)25-12-4-3-5-13-25)24-31(32)37-28(16-10-18-33(37)39)29-17-11-21-36-38(29)30-15-7-9-20-35(30)41-36/h3-24,40H,1-2H3. The lowest BCUT2D eigenvalue weighted by Crippen LogP contribution is -2.14. The molecule has 1 N–H and O–H groups in total. The lowest BCUT2D eigenvalue weighted by atomic mass is 9.82. The van der Waals surface area contributed by atoms with E-state index in [1.54, 1.807) is 0 Å². The van der Waals surface area contributed by atoms with Gasteiger partial charge in [0.1, 0.15) is 11.2 Å². The highest BCUT2D eigenvalue weighted by Gasteiger charge is 2.37. The Morgan fingerprint density at radius 2 is 1.24 bits per heavy atom. The van der Waals surface area contributed by atoms with E-state index in [0.717, 1.165) is 27.9 Å². The first-order chi connectivity index (χ1) is 20.1. The third kappa shape index (κ3) is 3.64. The van der Waals surface area contributed by atoms with E-state index < -0.39 is 0 Å². The number of para-hydroxylation sites is 2. The summed E-state index contributed by atoms with van der Waals surface area (Å²) >= 11 is 0. The largest absolute Gasteiger partial charge is 0.456 e. The molecule has 2 nitrogen and oxygen atoms in total. The van der Waals surface area contributed by atoms with Gasteiger partial charge in [-0.3, -0.25) is 0 Å². The van der Waals surface area contributed by atoms with Crippen LogP contribution in [-0.4, -0.2) is 0 Å². The van der Waals surface area contributed by atoms with Crippen LogP contribution in [0.5, 0.6) is 0 Å². The summed E-state index contributed by atoms with van der Waals surface area (Å²) in [5, 5.41) is 6.08. The molecule has 2 heteroatoms. The molecular weight excluding hydrogens is 498 g/mol. The summed E-state index contributed by atoms with van der Waals surface area (Å²) in [5.74, 6) is 0. The Morgan fingerprint density at radius 3 is 2.15 bits per heavy atom. The second-order valence-corrected chi connectivity index (χ2v) is 11.4. The molecule has 1 aromatic heterocycles. The average molecular weight is 528 g/mol. The molecule has 0 aliphatic heterocycles. The number of nitrogens with one attached hydrogen (secondary N) is 1. The molecule has 0 saturated carbocycles. The van der Waals surface area contributed by atoms with E-state index in [1.165, 1.54) is 49.9 Å². The number of hydrogen-bond acceptors (Lipinski definition) is 2. The van der Waals surface area contributed by atoms with Gasteiger partial charge < -0.3 is 9.73 Å². The minimum absolute atomic E-state index is 0.104. The topological polar surface area (TPSA) is 25.2 Å². The maximum Gasteiger partial charge on any atom is 0.136 e. The smallest absolute Gasteiger partial charge is 0.136 e. The average Bonchev–Trinajstić information content (AvgIpc) is 3.50. The first kappa shape index (κ1) is 23.8. The zero-order valence-corrected chi connectivity index (χ0v) is 23.1. The number of fused-ring (bicyclic) bond motifs is 6. The van der Waals surface area contributed by atoms with Crippen molar-refractivity contribution in [2.75, 3.05) is 5.32 Å². The summed E-state index contributed by atoms with van der Waals surface area (Å²) in [6, 6.07) is 47.5. The molecule has 0 saturated heterocycles. The molecule has 0 spiro atoms. The van der Waals surface area contributed by atoms with E-state index in [1.807, 2.05) is 6.07 Å². The van der Waals surface area contributed by atoms with Crippen LogP contribution in [0.3, 0.4) is 0 Å². The Labute approximate surface area is 239 Å². The molecule has 0 bridgehead atoms. The number of benzene rings is 6. The van der Waals surface area contributed by atoms with Gasteiger partial charge in [-0.05, 0) is 69.3 Å². The fourth-order valence-corrected chi connectivity index (χ4v) is 6.72. The first-order valence-electron chi connectivity index (χ1n) is 14.2. The molecular formula is C39H29NO. The summed E-state index contributed by atoms with van der Waals surface area (Å²) in [6.07, 6.45) is 0. The maximum atomic E-state index is 6.27. The van der Waals surface area contributed by atoms with Crippen LogP contribution in [-0.2, 0) is 5.41 Å². The van der Waals surface area contributed by atoms with Crippen LogP contribution in [0.25, 0.3) is 55.3 Å². The van der Waals surface area contributed by atoms with Crippen molar-refractivity contribution >= 4 is 33.3 Å². The summed E-state index contributed by atoms with van der Waals surface area (Å²) in [7, 11) is 0. The van der Waals surface area contributed by atoms with Crippen molar-refractivity contribution in [2.24, 2.45) is 0 Å². The van der Waals surface area contributed by atoms with Crippen molar-refractivity contribution in [2.45, 2.75) is 19.3 Å². The second kappa shape index (κ2) is 8.97. The van der Waals surface area contributed by atoms with Gasteiger partial charge in [-0.15, -0.1) is 0 Å². The number of hydrogen-bond donors (Lipinski definition) is 1. The van der Waals surface area contributed by atoms with Gasteiger partial charge in [0.15, 0.2) is 0 Å². The van der Waals surface area contributed by atoms with Crippen molar-refractivity contribution in [1.29, 1.82) is 0 Å². The highest BCUT2D eigenvalue weighted by atomic mass is 16.3. The SMILES string of the molecule is CC1(C)c2ccc(Nc3ccccc3-c3ccccc3)cc2-c2c(-c3cccc4oc5ccccc5c34)cccc21. The Kier molecular flexibility index (Phi) is 5.20. The van der Waals surface area contributed by atoms with Gasteiger partial charge in [0, 0.05) is 33.1 Å². The lowest BCUT2D eigenvalue weighted by molar-refractivity contribution is 0.660. The highest BCUT2D eigenvalue weighted by molar-refractivity contribution is 6.14. The van der Waals surface area contributed by atoms with E-state index in [-0.39, 0.29) is 5.41 Å². The predicted molar refractivity (Wildman–Crippen MR) is 172 cm³/mol. The highest BCUT2D eigenvalue weighted by Crippen LogP contribution is 2.54. The fraction of sp³-hybridized carbons (Fsp3) is 0.0769. The van der Waals surface area contributed by atoms with Crippen LogP contribution in [0.15, 0.2) is 138 Å². The summed E-state index contributed by atoms with van der Waals surface area (Å²) in [4.78, 5) is 0. The maximum absolute atomic E-state index is 6.27. The van der Waals surface area contributed by atoms with Gasteiger partial charge in [-0.25, -0.2) is 0 Å². The van der Waals surface area contributed by atoms with Gasteiger partial charge in [-0.1, -0.05) is 117 Å². The number of anilines is 2. The molecule has 196 valence electrons. The summed E-state index contributed by atoms with van der Waals surface area (Å²) in [6.45, 7) is 4.68. The van der Waals surface area contributed by atoms with E-state index in [2.05, 4.69) is 147 Å². The van der Waals surface area contributed by atoms with Gasteiger partial charge >= 0.3 is 0 Å². The van der Waals surface area contributed by atoms with Crippen LogP contribution in [0.2, 0.25) is 0 Å². The van der Waals surface area contributed by atoms with Gasteiger partial charge in [0.25, 0.3) is 0 Å². The number of furan rings is 1. The Hall–Kier alpha value is -5.08. The Bertz CT molecular complexity index is 2100. The molecule has 0 atom stereocenters. The van der Waals surface area contributed by atoms with Crippen LogP contribution in [0.4, 0.5) is 11.4 Å². The third-order valence-electron chi connectivity index (χ3n) is 8.68. The molecule has 8 rings (SSSR count). The van der Waals surface area contributed by atoms with Crippen molar-refractivity contribution in [3.05, 3.63) is 145 Å².